The Labute approximate surface area is 155 Å². The van der Waals surface area contributed by atoms with Crippen molar-refractivity contribution in [3.05, 3.63) is 60.2 Å². The molecular weight excluding hydrogens is 401 g/mol. The fraction of sp³-hybridized carbons (Fsp3) is 0.278. The van der Waals surface area contributed by atoms with E-state index in [4.69, 9.17) is 10.5 Å². The van der Waals surface area contributed by atoms with E-state index in [-0.39, 0.29) is 24.0 Å². The number of benzene rings is 2. The van der Waals surface area contributed by atoms with Crippen molar-refractivity contribution in [2.45, 2.75) is 20.4 Å². The lowest BCUT2D eigenvalue weighted by molar-refractivity contribution is 0.456. The maximum absolute atomic E-state index is 6.02. The molecule has 0 aliphatic carbocycles. The van der Waals surface area contributed by atoms with Gasteiger partial charge in [0.2, 0.25) is 0 Å². The maximum Gasteiger partial charge on any atom is 0.191 e. The summed E-state index contributed by atoms with van der Waals surface area (Å²) in [5.41, 5.74) is 7.04. The molecule has 0 fully saturated rings. The van der Waals surface area contributed by atoms with Crippen LogP contribution in [0.2, 0.25) is 0 Å². The number of halogens is 1. The summed E-state index contributed by atoms with van der Waals surface area (Å²) in [6.07, 6.45) is 0. The number of ether oxygens (including phenoxy) is 1. The van der Waals surface area contributed by atoms with Crippen molar-refractivity contribution in [1.82, 2.24) is 4.90 Å². The van der Waals surface area contributed by atoms with Crippen LogP contribution in [-0.4, -0.2) is 23.9 Å². The minimum absolute atomic E-state index is 0. The third-order valence-corrected chi connectivity index (χ3v) is 3.44. The first-order chi connectivity index (χ1) is 10.7. The molecule has 23 heavy (non-hydrogen) atoms. The van der Waals surface area contributed by atoms with Crippen LogP contribution in [0, 0.1) is 0 Å². The molecule has 0 aliphatic heterocycles. The fourth-order valence-corrected chi connectivity index (χ4v) is 2.16. The zero-order valence-electron chi connectivity index (χ0n) is 13.6. The minimum atomic E-state index is 0. The van der Waals surface area contributed by atoms with Crippen LogP contribution in [0.3, 0.4) is 0 Å². The summed E-state index contributed by atoms with van der Waals surface area (Å²) >= 11 is 0. The molecule has 0 aromatic heterocycles. The molecule has 0 bridgehead atoms. The van der Waals surface area contributed by atoms with Crippen molar-refractivity contribution in [3.8, 4) is 11.5 Å². The van der Waals surface area contributed by atoms with Gasteiger partial charge in [0, 0.05) is 18.7 Å². The van der Waals surface area contributed by atoms with Crippen LogP contribution in [0.25, 0.3) is 0 Å². The summed E-state index contributed by atoms with van der Waals surface area (Å²) in [6, 6.07) is 17.6. The van der Waals surface area contributed by atoms with E-state index in [1.807, 2.05) is 59.5 Å². The quantitative estimate of drug-likeness (QED) is 0.428. The number of nitrogens with two attached hydrogens (primary N) is 1. The Hall–Kier alpha value is -1.76. The van der Waals surface area contributed by atoms with E-state index < -0.39 is 0 Å². The van der Waals surface area contributed by atoms with Crippen LogP contribution in [0.1, 0.15) is 19.4 Å². The molecule has 0 spiro atoms. The van der Waals surface area contributed by atoms with Crippen molar-refractivity contribution < 1.29 is 4.74 Å². The zero-order chi connectivity index (χ0) is 15.8. The SMILES string of the molecule is CCN(CC)C(N)=NCc1ccccc1Oc1ccccc1.I. The molecule has 0 atom stereocenters. The third kappa shape index (κ3) is 5.74. The van der Waals surface area contributed by atoms with Gasteiger partial charge in [-0.15, -0.1) is 24.0 Å². The Morgan fingerprint density at radius 1 is 1.00 bits per heavy atom. The highest BCUT2D eigenvalue weighted by Crippen LogP contribution is 2.25. The molecule has 0 aliphatic rings. The molecule has 2 aromatic rings. The second kappa shape index (κ2) is 10.1. The van der Waals surface area contributed by atoms with Gasteiger partial charge in [-0.25, -0.2) is 4.99 Å². The van der Waals surface area contributed by atoms with Crippen LogP contribution in [0.5, 0.6) is 11.5 Å². The third-order valence-electron chi connectivity index (χ3n) is 3.44. The molecule has 4 nitrogen and oxygen atoms in total. The molecule has 0 radical (unpaired) electrons. The molecule has 2 rings (SSSR count). The molecule has 2 N–H and O–H groups in total. The number of aliphatic imine (C=N–C) groups is 1. The number of guanidine groups is 1. The van der Waals surface area contributed by atoms with E-state index in [1.54, 1.807) is 0 Å². The van der Waals surface area contributed by atoms with Crippen molar-refractivity contribution in [2.24, 2.45) is 10.7 Å². The van der Waals surface area contributed by atoms with Crippen molar-refractivity contribution in [2.75, 3.05) is 13.1 Å². The Bertz CT molecular complexity index is 613. The normalized spacial score (nSPS) is 10.8. The van der Waals surface area contributed by atoms with Crippen LogP contribution in [0.15, 0.2) is 59.6 Å². The smallest absolute Gasteiger partial charge is 0.191 e. The molecule has 5 heteroatoms. The number of para-hydroxylation sites is 2. The Kier molecular flexibility index (Phi) is 8.47. The summed E-state index contributed by atoms with van der Waals surface area (Å²) in [5.74, 6) is 2.19. The van der Waals surface area contributed by atoms with Gasteiger partial charge >= 0.3 is 0 Å². The standard InChI is InChI=1S/C18H23N3O.HI/c1-3-21(4-2)18(19)20-14-15-10-8-9-13-17(15)22-16-11-6-5-7-12-16;/h5-13H,3-4,14H2,1-2H3,(H2,19,20);1H. The molecule has 0 saturated heterocycles. The lowest BCUT2D eigenvalue weighted by atomic mass is 10.2. The predicted octanol–water partition coefficient (Wildman–Crippen LogP) is 4.25. The van der Waals surface area contributed by atoms with Crippen molar-refractivity contribution in [1.29, 1.82) is 0 Å². The number of rotatable bonds is 6. The Morgan fingerprint density at radius 3 is 2.26 bits per heavy atom. The molecule has 0 saturated carbocycles. The summed E-state index contributed by atoms with van der Waals surface area (Å²) < 4.78 is 5.93. The van der Waals surface area contributed by atoms with Crippen molar-refractivity contribution in [3.63, 3.8) is 0 Å². The summed E-state index contributed by atoms with van der Waals surface area (Å²) in [4.78, 5) is 6.51. The van der Waals surface area contributed by atoms with E-state index in [9.17, 15) is 0 Å². The van der Waals surface area contributed by atoms with Crippen LogP contribution < -0.4 is 10.5 Å². The summed E-state index contributed by atoms with van der Waals surface area (Å²) in [7, 11) is 0. The molecule has 2 aromatic carbocycles. The second-order valence-corrected chi connectivity index (χ2v) is 4.87. The summed E-state index contributed by atoms with van der Waals surface area (Å²) in [5, 5.41) is 0. The summed E-state index contributed by atoms with van der Waals surface area (Å²) in [6.45, 7) is 6.35. The maximum atomic E-state index is 6.02. The zero-order valence-corrected chi connectivity index (χ0v) is 15.9. The first kappa shape index (κ1) is 19.3. The van der Waals surface area contributed by atoms with Gasteiger partial charge < -0.3 is 15.4 Å². The van der Waals surface area contributed by atoms with E-state index in [1.165, 1.54) is 0 Å². The van der Waals surface area contributed by atoms with Gasteiger partial charge in [-0.1, -0.05) is 36.4 Å². The highest BCUT2D eigenvalue weighted by molar-refractivity contribution is 14.0. The molecule has 0 amide bonds. The minimum Gasteiger partial charge on any atom is -0.457 e. The Balaban J connectivity index is 0.00000264. The lowest BCUT2D eigenvalue weighted by Crippen LogP contribution is -2.37. The van der Waals surface area contributed by atoms with E-state index >= 15 is 0 Å². The van der Waals surface area contributed by atoms with Gasteiger partial charge in [0.15, 0.2) is 5.96 Å². The number of hydrogen-bond donors (Lipinski definition) is 1. The van der Waals surface area contributed by atoms with E-state index in [0.29, 0.717) is 12.5 Å². The van der Waals surface area contributed by atoms with Crippen LogP contribution >= 0.6 is 24.0 Å². The van der Waals surface area contributed by atoms with Gasteiger partial charge in [-0.05, 0) is 32.0 Å². The first-order valence-electron chi connectivity index (χ1n) is 7.60. The Morgan fingerprint density at radius 2 is 1.61 bits per heavy atom. The van der Waals surface area contributed by atoms with Gasteiger partial charge in [-0.3, -0.25) is 0 Å². The number of hydrogen-bond acceptors (Lipinski definition) is 2. The molecule has 124 valence electrons. The van der Waals surface area contributed by atoms with Gasteiger partial charge in [0.1, 0.15) is 11.5 Å². The number of nitrogens with zero attached hydrogens (tertiary/aromatic N) is 2. The topological polar surface area (TPSA) is 50.8 Å². The second-order valence-electron chi connectivity index (χ2n) is 4.87. The highest BCUT2D eigenvalue weighted by atomic mass is 127. The highest BCUT2D eigenvalue weighted by Gasteiger charge is 2.06. The van der Waals surface area contributed by atoms with Gasteiger partial charge in [0.25, 0.3) is 0 Å². The average Bonchev–Trinajstić information content (AvgIpc) is 2.56. The molecular formula is C18H24IN3O. The van der Waals surface area contributed by atoms with Gasteiger partial charge in [-0.2, -0.15) is 0 Å². The van der Waals surface area contributed by atoms with Crippen LogP contribution in [-0.2, 0) is 6.54 Å². The predicted molar refractivity (Wildman–Crippen MR) is 107 cm³/mol. The van der Waals surface area contributed by atoms with E-state index in [2.05, 4.69) is 18.8 Å². The first-order valence-corrected chi connectivity index (χ1v) is 7.60. The molecule has 0 unspecified atom stereocenters. The van der Waals surface area contributed by atoms with E-state index in [0.717, 1.165) is 30.2 Å². The van der Waals surface area contributed by atoms with Crippen LogP contribution in [0.4, 0.5) is 0 Å². The van der Waals surface area contributed by atoms with Gasteiger partial charge in [0.05, 0.1) is 6.54 Å². The average molecular weight is 425 g/mol. The fourth-order valence-electron chi connectivity index (χ4n) is 2.16. The lowest BCUT2D eigenvalue weighted by Gasteiger charge is -2.19. The van der Waals surface area contributed by atoms with Crippen molar-refractivity contribution >= 4 is 29.9 Å². The molecule has 0 heterocycles. The monoisotopic (exact) mass is 425 g/mol. The largest absolute Gasteiger partial charge is 0.457 e.